The van der Waals surface area contributed by atoms with Crippen LogP contribution in [0.5, 0.6) is 0 Å². The molecule has 1 aromatic heterocycles. The highest BCUT2D eigenvalue weighted by Crippen LogP contribution is 2.48. The van der Waals surface area contributed by atoms with E-state index >= 15 is 0 Å². The zero-order valence-corrected chi connectivity index (χ0v) is 14.1. The Labute approximate surface area is 142 Å². The van der Waals surface area contributed by atoms with E-state index in [0.29, 0.717) is 36.5 Å². The lowest BCUT2D eigenvalue weighted by Gasteiger charge is -2.30. The van der Waals surface area contributed by atoms with E-state index in [9.17, 15) is 9.90 Å². The Morgan fingerprint density at radius 1 is 1.21 bits per heavy atom. The van der Waals surface area contributed by atoms with E-state index in [1.165, 1.54) is 25.7 Å². The Hall–Kier alpha value is -1.43. The number of fused-ring (bicyclic) bond motifs is 2. The van der Waals surface area contributed by atoms with Gasteiger partial charge in [-0.1, -0.05) is 18.0 Å². The molecule has 24 heavy (non-hydrogen) atoms. The topological polar surface area (TPSA) is 88.2 Å². The Bertz CT molecular complexity index is 582. The van der Waals surface area contributed by atoms with Crippen LogP contribution in [0.1, 0.15) is 69.0 Å². The number of amides is 1. The van der Waals surface area contributed by atoms with Crippen molar-refractivity contribution in [3.8, 4) is 0 Å². The number of nitrogens with one attached hydrogen (secondary N) is 1. The lowest BCUT2D eigenvalue weighted by Crippen LogP contribution is -2.45. The van der Waals surface area contributed by atoms with Crippen molar-refractivity contribution in [3.63, 3.8) is 0 Å². The maximum Gasteiger partial charge on any atom is 0.227 e. The molecule has 0 spiro atoms. The number of carbonyl (C=O) groups is 1. The molecule has 6 heteroatoms. The number of aliphatic hydroxyl groups excluding tert-OH is 1. The number of carbonyl (C=O) groups excluding carboxylic acids is 1. The number of nitrogens with zero attached hydrogens (tertiary/aromatic N) is 2. The summed E-state index contributed by atoms with van der Waals surface area (Å²) in [6, 6.07) is 0.151. The maximum absolute atomic E-state index is 12.3. The van der Waals surface area contributed by atoms with Gasteiger partial charge in [-0.05, 0) is 43.9 Å². The van der Waals surface area contributed by atoms with Gasteiger partial charge in [-0.25, -0.2) is 0 Å². The normalized spacial score (nSPS) is 32.5. The maximum atomic E-state index is 12.3. The van der Waals surface area contributed by atoms with Crippen molar-refractivity contribution in [2.75, 3.05) is 6.61 Å². The Balaban J connectivity index is 1.27. The summed E-state index contributed by atoms with van der Waals surface area (Å²) >= 11 is 0. The second-order valence-electron chi connectivity index (χ2n) is 7.80. The van der Waals surface area contributed by atoms with Gasteiger partial charge < -0.3 is 14.9 Å². The van der Waals surface area contributed by atoms with Gasteiger partial charge in [-0.3, -0.25) is 4.79 Å². The van der Waals surface area contributed by atoms with E-state index in [1.54, 1.807) is 0 Å². The van der Waals surface area contributed by atoms with Crippen molar-refractivity contribution >= 4 is 5.91 Å². The first-order valence-corrected chi connectivity index (χ1v) is 9.47. The molecule has 0 saturated heterocycles. The molecule has 3 saturated carbocycles. The van der Waals surface area contributed by atoms with Gasteiger partial charge >= 0.3 is 0 Å². The van der Waals surface area contributed by atoms with Crippen molar-refractivity contribution in [2.45, 2.75) is 69.7 Å². The summed E-state index contributed by atoms with van der Waals surface area (Å²) in [5, 5.41) is 16.8. The molecule has 132 valence electrons. The lowest BCUT2D eigenvalue weighted by atomic mass is 9.85. The lowest BCUT2D eigenvalue weighted by molar-refractivity contribution is -0.122. The first-order chi connectivity index (χ1) is 11.7. The largest absolute Gasteiger partial charge is 0.396 e. The first-order valence-electron chi connectivity index (χ1n) is 9.47. The summed E-state index contributed by atoms with van der Waals surface area (Å²) in [7, 11) is 0. The molecular weight excluding hydrogens is 306 g/mol. The van der Waals surface area contributed by atoms with Gasteiger partial charge in [0.2, 0.25) is 11.8 Å². The molecule has 2 bridgehead atoms. The molecule has 0 aliphatic heterocycles. The minimum atomic E-state index is 0.0339. The molecule has 1 aromatic rings. The quantitative estimate of drug-likeness (QED) is 0.833. The van der Waals surface area contributed by atoms with Gasteiger partial charge in [0.05, 0.1) is 0 Å². The van der Waals surface area contributed by atoms with E-state index in [0.717, 1.165) is 25.1 Å². The van der Waals surface area contributed by atoms with Crippen LogP contribution in [0.15, 0.2) is 4.52 Å². The summed E-state index contributed by atoms with van der Waals surface area (Å²) in [5.41, 5.74) is 0. The summed E-state index contributed by atoms with van der Waals surface area (Å²) in [4.78, 5) is 16.8. The molecule has 3 fully saturated rings. The van der Waals surface area contributed by atoms with Crippen LogP contribution in [-0.4, -0.2) is 33.8 Å². The number of aliphatic hydroxyl groups is 1. The minimum Gasteiger partial charge on any atom is -0.396 e. The van der Waals surface area contributed by atoms with Gasteiger partial charge in [0.25, 0.3) is 0 Å². The van der Waals surface area contributed by atoms with Gasteiger partial charge in [0.1, 0.15) is 0 Å². The van der Waals surface area contributed by atoms with E-state index in [-0.39, 0.29) is 24.5 Å². The number of rotatable bonds is 6. The molecule has 3 aliphatic carbocycles. The highest BCUT2D eigenvalue weighted by molar-refractivity contribution is 5.76. The third-order valence-electron chi connectivity index (χ3n) is 6.40. The van der Waals surface area contributed by atoms with Gasteiger partial charge in [-0.2, -0.15) is 4.98 Å². The third-order valence-corrected chi connectivity index (χ3v) is 6.40. The standard InChI is InChI=1S/C18H27N3O3/c22-10-14-12-5-6-13(9-12)17(14)19-15(23)7-8-16-20-18(21-24-16)11-3-1-2-4-11/h11-14,17,22H,1-10H2,(H,19,23). The number of hydrogen-bond donors (Lipinski definition) is 2. The Kier molecular flexibility index (Phi) is 4.57. The molecule has 1 amide bonds. The molecule has 1 heterocycles. The molecule has 4 atom stereocenters. The minimum absolute atomic E-state index is 0.0339. The molecule has 4 unspecified atom stereocenters. The summed E-state index contributed by atoms with van der Waals surface area (Å²) < 4.78 is 5.31. The smallest absolute Gasteiger partial charge is 0.227 e. The summed E-state index contributed by atoms with van der Waals surface area (Å²) in [6.07, 6.45) is 9.19. The van der Waals surface area contributed by atoms with Crippen LogP contribution in [0.3, 0.4) is 0 Å². The molecular formula is C18H27N3O3. The highest BCUT2D eigenvalue weighted by Gasteiger charge is 2.47. The Morgan fingerprint density at radius 3 is 2.79 bits per heavy atom. The average molecular weight is 333 g/mol. The molecule has 3 aliphatic rings. The second-order valence-corrected chi connectivity index (χ2v) is 7.80. The first kappa shape index (κ1) is 16.1. The van der Waals surface area contributed by atoms with Crippen LogP contribution in [-0.2, 0) is 11.2 Å². The molecule has 0 radical (unpaired) electrons. The molecule has 6 nitrogen and oxygen atoms in total. The van der Waals surface area contributed by atoms with E-state index in [1.807, 2.05) is 0 Å². The SMILES string of the molecule is O=C(CCc1nc(C2CCCC2)no1)NC1C2CCC(C2)C1CO. The summed E-state index contributed by atoms with van der Waals surface area (Å²) in [5.74, 6) is 3.24. The predicted octanol–water partition coefficient (Wildman–Crippen LogP) is 2.18. The van der Waals surface area contributed by atoms with Crippen LogP contribution in [0.2, 0.25) is 0 Å². The van der Waals surface area contributed by atoms with Crippen molar-refractivity contribution in [1.82, 2.24) is 15.5 Å². The van der Waals surface area contributed by atoms with Gasteiger partial charge in [0, 0.05) is 37.3 Å². The fourth-order valence-corrected chi connectivity index (χ4v) is 5.10. The Morgan fingerprint density at radius 2 is 2.00 bits per heavy atom. The fraction of sp³-hybridized carbons (Fsp3) is 0.833. The van der Waals surface area contributed by atoms with Crippen LogP contribution >= 0.6 is 0 Å². The highest BCUT2D eigenvalue weighted by atomic mass is 16.5. The zero-order chi connectivity index (χ0) is 16.5. The van der Waals surface area contributed by atoms with Gasteiger partial charge in [0.15, 0.2) is 5.82 Å². The summed E-state index contributed by atoms with van der Waals surface area (Å²) in [6.45, 7) is 0.181. The predicted molar refractivity (Wildman–Crippen MR) is 87.2 cm³/mol. The fourth-order valence-electron chi connectivity index (χ4n) is 5.10. The third kappa shape index (κ3) is 3.08. The number of aromatic nitrogens is 2. The second kappa shape index (κ2) is 6.82. The van der Waals surface area contributed by atoms with Crippen molar-refractivity contribution in [2.24, 2.45) is 17.8 Å². The van der Waals surface area contributed by atoms with Crippen LogP contribution < -0.4 is 5.32 Å². The monoisotopic (exact) mass is 333 g/mol. The molecule has 4 rings (SSSR count). The van der Waals surface area contributed by atoms with Crippen LogP contribution in [0.25, 0.3) is 0 Å². The zero-order valence-electron chi connectivity index (χ0n) is 14.1. The molecule has 2 N–H and O–H groups in total. The van der Waals surface area contributed by atoms with E-state index in [2.05, 4.69) is 15.5 Å². The number of hydrogen-bond acceptors (Lipinski definition) is 5. The van der Waals surface area contributed by atoms with Crippen molar-refractivity contribution in [3.05, 3.63) is 11.7 Å². The van der Waals surface area contributed by atoms with Crippen molar-refractivity contribution < 1.29 is 14.4 Å². The van der Waals surface area contributed by atoms with E-state index in [4.69, 9.17) is 4.52 Å². The van der Waals surface area contributed by atoms with Crippen molar-refractivity contribution in [1.29, 1.82) is 0 Å². The number of aryl methyl sites for hydroxylation is 1. The molecule has 0 aromatic carbocycles. The van der Waals surface area contributed by atoms with Gasteiger partial charge in [-0.15, -0.1) is 0 Å². The van der Waals surface area contributed by atoms with Crippen LogP contribution in [0.4, 0.5) is 0 Å². The van der Waals surface area contributed by atoms with Crippen LogP contribution in [0, 0.1) is 17.8 Å². The van der Waals surface area contributed by atoms with E-state index < -0.39 is 0 Å². The average Bonchev–Trinajstić information content (AvgIpc) is 3.36.